The quantitative estimate of drug-likeness (QED) is 0.895. The van der Waals surface area contributed by atoms with Crippen molar-refractivity contribution in [2.24, 2.45) is 0 Å². The summed E-state index contributed by atoms with van der Waals surface area (Å²) in [5, 5.41) is 21.0. The number of benzene rings is 2. The first-order valence-electron chi connectivity index (χ1n) is 5.82. The second-order valence-corrected chi connectivity index (χ2v) is 4.28. The van der Waals surface area contributed by atoms with Crippen LogP contribution in [0.1, 0.15) is 21.5 Å². The molecule has 0 saturated carbocycles. The molecule has 5 heteroatoms. The van der Waals surface area contributed by atoms with Gasteiger partial charge in [0.05, 0.1) is 22.5 Å². The summed E-state index contributed by atoms with van der Waals surface area (Å²) in [5.41, 5.74) is 1.80. The topological polar surface area (TPSA) is 73.1 Å². The van der Waals surface area contributed by atoms with Gasteiger partial charge >= 0.3 is 5.97 Å². The second-order valence-electron chi connectivity index (χ2n) is 4.28. The van der Waals surface area contributed by atoms with Crippen molar-refractivity contribution in [2.75, 3.05) is 5.32 Å². The van der Waals surface area contributed by atoms with Gasteiger partial charge in [0.25, 0.3) is 0 Å². The Morgan fingerprint density at radius 1 is 1.25 bits per heavy atom. The van der Waals surface area contributed by atoms with Crippen LogP contribution in [0.2, 0.25) is 0 Å². The highest BCUT2D eigenvalue weighted by Crippen LogP contribution is 2.25. The van der Waals surface area contributed by atoms with Gasteiger partial charge < -0.3 is 10.4 Å². The molecule has 2 rings (SSSR count). The maximum atomic E-state index is 13.1. The van der Waals surface area contributed by atoms with Gasteiger partial charge in [0, 0.05) is 0 Å². The monoisotopic (exact) mass is 270 g/mol. The predicted octanol–water partition coefficient (Wildman–Crippen LogP) is 3.45. The number of nitrogens with zero attached hydrogens (tertiary/aromatic N) is 1. The Balaban J connectivity index is 2.47. The molecule has 0 aliphatic carbocycles. The van der Waals surface area contributed by atoms with Crippen molar-refractivity contribution in [3.8, 4) is 6.07 Å². The summed E-state index contributed by atoms with van der Waals surface area (Å²) in [5.74, 6) is -1.59. The Kier molecular flexibility index (Phi) is 3.67. The molecule has 100 valence electrons. The third-order valence-electron chi connectivity index (χ3n) is 2.78. The summed E-state index contributed by atoms with van der Waals surface area (Å²) in [6.45, 7) is 1.83. The van der Waals surface area contributed by atoms with Gasteiger partial charge in [0.15, 0.2) is 0 Å². The number of hydrogen-bond donors (Lipinski definition) is 2. The zero-order chi connectivity index (χ0) is 14.7. The number of rotatable bonds is 3. The molecule has 2 aromatic carbocycles. The van der Waals surface area contributed by atoms with Gasteiger partial charge in [-0.25, -0.2) is 9.18 Å². The van der Waals surface area contributed by atoms with Crippen molar-refractivity contribution in [3.05, 3.63) is 58.9 Å². The maximum Gasteiger partial charge on any atom is 0.337 e. The Morgan fingerprint density at radius 3 is 2.65 bits per heavy atom. The normalized spacial score (nSPS) is 9.85. The van der Waals surface area contributed by atoms with E-state index in [0.29, 0.717) is 11.4 Å². The fraction of sp³-hybridized carbons (Fsp3) is 0.0667. The van der Waals surface area contributed by atoms with Crippen molar-refractivity contribution in [1.29, 1.82) is 5.26 Å². The standard InChI is InChI=1S/C15H11FN2O2/c1-9-2-4-12(15(19)20)14(6-9)18-13-5-3-11(16)7-10(13)8-17/h2-7,18H,1H3,(H,19,20). The number of aryl methyl sites for hydroxylation is 1. The Hall–Kier alpha value is -2.87. The molecule has 2 aromatic rings. The minimum absolute atomic E-state index is 0.0869. The highest BCUT2D eigenvalue weighted by atomic mass is 19.1. The summed E-state index contributed by atoms with van der Waals surface area (Å²) in [4.78, 5) is 11.2. The minimum Gasteiger partial charge on any atom is -0.478 e. The lowest BCUT2D eigenvalue weighted by molar-refractivity contribution is 0.0698. The molecule has 0 aliphatic rings. The maximum absolute atomic E-state index is 13.1. The third-order valence-corrected chi connectivity index (χ3v) is 2.78. The molecule has 0 fully saturated rings. The number of carboxylic acids is 1. The molecule has 4 nitrogen and oxygen atoms in total. The van der Waals surface area contributed by atoms with E-state index in [1.165, 1.54) is 18.2 Å². The minimum atomic E-state index is -1.08. The van der Waals surface area contributed by atoms with Crippen LogP contribution >= 0.6 is 0 Å². The van der Waals surface area contributed by atoms with Crippen LogP contribution in [0.4, 0.5) is 15.8 Å². The number of carboxylic acid groups (broad SMARTS) is 1. The van der Waals surface area contributed by atoms with Crippen LogP contribution in [0.15, 0.2) is 36.4 Å². The van der Waals surface area contributed by atoms with Crippen LogP contribution in [0.3, 0.4) is 0 Å². The SMILES string of the molecule is Cc1ccc(C(=O)O)c(Nc2ccc(F)cc2C#N)c1. The molecular formula is C15H11FN2O2. The van der Waals surface area contributed by atoms with E-state index in [9.17, 15) is 9.18 Å². The van der Waals surface area contributed by atoms with E-state index in [2.05, 4.69) is 5.32 Å². The van der Waals surface area contributed by atoms with E-state index in [0.717, 1.165) is 11.6 Å². The van der Waals surface area contributed by atoms with Crippen molar-refractivity contribution in [1.82, 2.24) is 0 Å². The highest BCUT2D eigenvalue weighted by Gasteiger charge is 2.12. The lowest BCUT2D eigenvalue weighted by Crippen LogP contribution is -2.04. The average Bonchev–Trinajstić information content (AvgIpc) is 2.40. The molecule has 0 unspecified atom stereocenters. The molecule has 0 radical (unpaired) electrons. The van der Waals surface area contributed by atoms with Gasteiger partial charge in [-0.1, -0.05) is 6.07 Å². The number of carbonyl (C=O) groups is 1. The second kappa shape index (κ2) is 5.41. The molecule has 0 spiro atoms. The van der Waals surface area contributed by atoms with Crippen LogP contribution < -0.4 is 5.32 Å². The molecule has 0 bridgehead atoms. The van der Waals surface area contributed by atoms with Crippen molar-refractivity contribution >= 4 is 17.3 Å². The molecule has 0 heterocycles. The Morgan fingerprint density at radius 2 is 2.00 bits per heavy atom. The lowest BCUT2D eigenvalue weighted by atomic mass is 10.1. The fourth-order valence-corrected chi connectivity index (χ4v) is 1.81. The number of nitrogens with one attached hydrogen (secondary N) is 1. The zero-order valence-electron chi connectivity index (χ0n) is 10.6. The fourth-order valence-electron chi connectivity index (χ4n) is 1.81. The van der Waals surface area contributed by atoms with Crippen molar-refractivity contribution < 1.29 is 14.3 Å². The van der Waals surface area contributed by atoms with Crippen molar-refractivity contribution in [2.45, 2.75) is 6.92 Å². The first kappa shape index (κ1) is 13.6. The summed E-state index contributed by atoms with van der Waals surface area (Å²) in [7, 11) is 0. The molecule has 0 aromatic heterocycles. The largest absolute Gasteiger partial charge is 0.478 e. The number of halogens is 1. The van der Waals surface area contributed by atoms with Crippen LogP contribution in [0.5, 0.6) is 0 Å². The van der Waals surface area contributed by atoms with E-state index in [1.807, 2.05) is 13.0 Å². The van der Waals surface area contributed by atoms with Gasteiger partial charge in [-0.05, 0) is 42.8 Å². The number of hydrogen-bond acceptors (Lipinski definition) is 3. The molecular weight excluding hydrogens is 259 g/mol. The zero-order valence-corrected chi connectivity index (χ0v) is 10.6. The summed E-state index contributed by atoms with van der Waals surface area (Å²) >= 11 is 0. The van der Waals surface area contributed by atoms with E-state index in [1.54, 1.807) is 12.1 Å². The molecule has 2 N–H and O–H groups in total. The van der Waals surface area contributed by atoms with Crippen LogP contribution in [0, 0.1) is 24.1 Å². The van der Waals surface area contributed by atoms with Gasteiger partial charge in [-0.3, -0.25) is 0 Å². The molecule has 0 atom stereocenters. The Bertz CT molecular complexity index is 720. The van der Waals surface area contributed by atoms with E-state index in [4.69, 9.17) is 10.4 Å². The van der Waals surface area contributed by atoms with E-state index in [-0.39, 0.29) is 11.1 Å². The van der Waals surface area contributed by atoms with E-state index >= 15 is 0 Å². The number of nitriles is 1. The smallest absolute Gasteiger partial charge is 0.337 e. The van der Waals surface area contributed by atoms with Gasteiger partial charge in [0.1, 0.15) is 11.9 Å². The van der Waals surface area contributed by atoms with Crippen molar-refractivity contribution in [3.63, 3.8) is 0 Å². The Labute approximate surface area is 115 Å². The van der Waals surface area contributed by atoms with Gasteiger partial charge in [-0.15, -0.1) is 0 Å². The summed E-state index contributed by atoms with van der Waals surface area (Å²) in [6.07, 6.45) is 0. The van der Waals surface area contributed by atoms with Gasteiger partial charge in [0.2, 0.25) is 0 Å². The molecule has 0 aliphatic heterocycles. The first-order valence-corrected chi connectivity index (χ1v) is 5.82. The van der Waals surface area contributed by atoms with Crippen LogP contribution in [-0.4, -0.2) is 11.1 Å². The van der Waals surface area contributed by atoms with Crippen LogP contribution in [-0.2, 0) is 0 Å². The summed E-state index contributed by atoms with van der Waals surface area (Å²) in [6, 6.07) is 10.4. The van der Waals surface area contributed by atoms with Crippen LogP contribution in [0.25, 0.3) is 0 Å². The predicted molar refractivity (Wildman–Crippen MR) is 72.5 cm³/mol. The first-order chi connectivity index (χ1) is 9.51. The third kappa shape index (κ3) is 2.75. The lowest BCUT2D eigenvalue weighted by Gasteiger charge is -2.12. The molecule has 0 amide bonds. The van der Waals surface area contributed by atoms with Gasteiger partial charge in [-0.2, -0.15) is 5.26 Å². The number of aromatic carboxylic acids is 1. The molecule has 0 saturated heterocycles. The summed E-state index contributed by atoms with van der Waals surface area (Å²) < 4.78 is 13.1. The number of anilines is 2. The van der Waals surface area contributed by atoms with E-state index < -0.39 is 11.8 Å². The molecule has 20 heavy (non-hydrogen) atoms. The average molecular weight is 270 g/mol. The highest BCUT2D eigenvalue weighted by molar-refractivity contribution is 5.95.